The number of H-pyrrole nitrogens is 1. The first-order valence-electron chi connectivity index (χ1n) is 28.6. The van der Waals surface area contributed by atoms with Crippen LogP contribution >= 0.6 is 34.0 Å². The Hall–Kier alpha value is -6.64. The van der Waals surface area contributed by atoms with Crippen molar-refractivity contribution in [3.8, 4) is 34.2 Å². The number of tetrazole rings is 3. The third-order valence-corrected chi connectivity index (χ3v) is 31.3. The van der Waals surface area contributed by atoms with E-state index in [0.29, 0.717) is 74.9 Å². The molecule has 9 aromatic heterocycles. The Morgan fingerprint density at radius 2 is 1.09 bits per heavy atom. The molecule has 0 atom stereocenters. The summed E-state index contributed by atoms with van der Waals surface area (Å²) in [6.07, 6.45) is 5.83. The average molecular weight is 1330 g/mol. The summed E-state index contributed by atoms with van der Waals surface area (Å²) in [6, 6.07) is 11.5. The number of thiazole rings is 3. The summed E-state index contributed by atoms with van der Waals surface area (Å²) in [4.78, 5) is 26.7. The molecule has 0 aliphatic heterocycles. The van der Waals surface area contributed by atoms with Gasteiger partial charge in [-0.15, -0.1) is 48.2 Å². The number of rotatable bonds is 22. The van der Waals surface area contributed by atoms with E-state index in [0.717, 1.165) is 48.5 Å². The molecular weight excluding hydrogens is 1240 g/mol. The number of aromatic amines is 1. The molecule has 0 bridgehead atoms. The summed E-state index contributed by atoms with van der Waals surface area (Å²) in [5.74, 6) is 3.53. The zero-order chi connectivity index (χ0) is 65.0. The SMILES string of the molecule is COC[n+]1ccsc1Nc1cc(-c2nnnn2C)cc(CO[Si](C)(C)C(C)(C)C)n1.COCn1ccsc1=Nc1cc(-c2nn[nH]n2)cc(CO[Si](C)(C)C(C)(C)C)n1.COCn1ccsc1=Nc1cc(-c2nnn(C)n2)cc(CO[Si](C)(C)C(C)(C)C)n1. The van der Waals surface area contributed by atoms with Gasteiger partial charge in [-0.2, -0.15) is 14.6 Å². The van der Waals surface area contributed by atoms with Gasteiger partial charge >= 0.3 is 5.13 Å². The third kappa shape index (κ3) is 19.2. The molecule has 9 aromatic rings. The van der Waals surface area contributed by atoms with Crippen molar-refractivity contribution in [3.63, 3.8) is 0 Å². The van der Waals surface area contributed by atoms with Gasteiger partial charge in [0.2, 0.25) is 17.5 Å². The number of methoxy groups -OCH3 is 3. The van der Waals surface area contributed by atoms with Crippen LogP contribution in [0.25, 0.3) is 34.2 Å². The molecule has 9 heterocycles. The largest absolute Gasteiger partial charge is 0.411 e. The fraction of sp³-hybridized carbons (Fsp3) is 0.518. The van der Waals surface area contributed by atoms with Crippen LogP contribution in [-0.2, 0) is 81.6 Å². The van der Waals surface area contributed by atoms with Crippen LogP contribution in [0.3, 0.4) is 0 Å². The van der Waals surface area contributed by atoms with Crippen LogP contribution in [0, 0.1) is 0 Å². The maximum Gasteiger partial charge on any atom is 0.342 e. The summed E-state index contributed by atoms with van der Waals surface area (Å²) in [6.45, 7) is 35.9. The summed E-state index contributed by atoms with van der Waals surface area (Å²) in [5.41, 5.74) is 4.88. The normalized spacial score (nSPS) is 12.9. The lowest BCUT2D eigenvalue weighted by molar-refractivity contribution is -0.714. The first kappa shape index (κ1) is 69.8. The van der Waals surface area contributed by atoms with E-state index in [4.69, 9.17) is 52.4 Å². The summed E-state index contributed by atoms with van der Waals surface area (Å²) >= 11 is 4.62. The zero-order valence-corrected chi connectivity index (χ0v) is 60.3. The van der Waals surface area contributed by atoms with Gasteiger partial charge in [0.25, 0.3) is 0 Å². The van der Waals surface area contributed by atoms with Crippen molar-refractivity contribution in [2.45, 2.75) is 157 Å². The Balaban J connectivity index is 0.000000190. The van der Waals surface area contributed by atoms with Gasteiger partial charge in [-0.05, 0) is 106 Å². The fourth-order valence-corrected chi connectivity index (χ4v) is 12.3. The fourth-order valence-electron chi connectivity index (χ4n) is 7.29. The highest BCUT2D eigenvalue weighted by atomic mass is 32.1. The Kier molecular flexibility index (Phi) is 23.5. The molecule has 0 aromatic carbocycles. The second-order valence-corrected chi connectivity index (χ2v) is 42.4. The van der Waals surface area contributed by atoms with Gasteiger partial charge in [-0.3, -0.25) is 9.13 Å². The highest BCUT2D eigenvalue weighted by molar-refractivity contribution is 7.13. The maximum absolute atomic E-state index is 6.40. The molecule has 0 amide bonds. The van der Waals surface area contributed by atoms with Crippen molar-refractivity contribution in [3.05, 3.63) is 97.8 Å². The standard InChI is InChI=1S/2C19H29N7O2SSi.C18H27N7O2SSi/c1-19(2,3)30(6,7)28-12-15-10-14(17-22-23-24-25(17)4)11-16(20-15)21-18-26(13-27-5)8-9-29-18;1-19(2,3)30(6,7)28-12-15-10-14(17-22-24-25(4)23-17)11-16(20-15)21-18-26(13-27-5)8-9-29-18;1-18(2,3)29(5,6)27-11-14-9-13(16-21-23-24-22-16)10-15(19-14)20-17-25(12-26-4)7-8-28-17/h2*8-11H,12-13H2,1-7H3;7-10H,11-12H2,1-6H3,(H,21,22,23,24)/p+1. The van der Waals surface area contributed by atoms with E-state index in [1.807, 2.05) is 91.9 Å². The van der Waals surface area contributed by atoms with E-state index < -0.39 is 25.0 Å². The van der Waals surface area contributed by atoms with E-state index in [2.05, 4.69) is 158 Å². The molecule has 0 saturated carbocycles. The molecule has 33 heteroatoms. The van der Waals surface area contributed by atoms with Crippen LogP contribution in [0.5, 0.6) is 0 Å². The van der Waals surface area contributed by atoms with E-state index in [9.17, 15) is 0 Å². The van der Waals surface area contributed by atoms with Crippen LogP contribution in [0.15, 0.2) is 81.1 Å². The quantitative estimate of drug-likeness (QED) is 0.0471. The van der Waals surface area contributed by atoms with E-state index >= 15 is 0 Å². The minimum absolute atomic E-state index is 0.118. The molecule has 0 fully saturated rings. The molecular formula is C56H86N21O6S3Si3+. The van der Waals surface area contributed by atoms with Crippen LogP contribution in [0.4, 0.5) is 22.6 Å². The number of ether oxygens (including phenoxy) is 3. The van der Waals surface area contributed by atoms with Crippen LogP contribution in [0.1, 0.15) is 79.4 Å². The lowest BCUT2D eigenvalue weighted by atomic mass is 10.2. The molecule has 9 rings (SSSR count). The number of pyridine rings is 3. The van der Waals surface area contributed by atoms with Gasteiger partial charge in [0.15, 0.2) is 58.7 Å². The molecule has 2 N–H and O–H groups in total. The van der Waals surface area contributed by atoms with Gasteiger partial charge in [-0.1, -0.05) is 73.7 Å². The highest BCUT2D eigenvalue weighted by Crippen LogP contribution is 2.40. The minimum Gasteiger partial charge on any atom is -0.411 e. The Labute approximate surface area is 535 Å². The molecule has 0 saturated heterocycles. The van der Waals surface area contributed by atoms with Gasteiger partial charge < -0.3 is 27.5 Å². The van der Waals surface area contributed by atoms with Crippen LogP contribution < -0.4 is 19.5 Å². The summed E-state index contributed by atoms with van der Waals surface area (Å²) in [5, 5.41) is 49.2. The predicted octanol–water partition coefficient (Wildman–Crippen LogP) is 10.5. The Morgan fingerprint density at radius 1 is 0.584 bits per heavy atom. The Bertz CT molecular complexity index is 3850. The average Bonchev–Trinajstić information content (AvgIpc) is 2.63. The summed E-state index contributed by atoms with van der Waals surface area (Å²) < 4.78 is 42.3. The van der Waals surface area contributed by atoms with Crippen molar-refractivity contribution in [1.82, 2.24) is 85.1 Å². The van der Waals surface area contributed by atoms with E-state index in [1.165, 1.54) is 27.5 Å². The Morgan fingerprint density at radius 3 is 1.53 bits per heavy atom. The second kappa shape index (κ2) is 30.0. The van der Waals surface area contributed by atoms with Crippen LogP contribution in [0.2, 0.25) is 54.4 Å². The monoisotopic (exact) mass is 1330 g/mol. The highest BCUT2D eigenvalue weighted by Gasteiger charge is 2.39. The third-order valence-electron chi connectivity index (χ3n) is 15.5. The minimum atomic E-state index is -1.92. The van der Waals surface area contributed by atoms with Crippen LogP contribution in [-0.4, -0.2) is 131 Å². The first-order valence-corrected chi connectivity index (χ1v) is 40.0. The number of aryl methyl sites for hydroxylation is 2. The van der Waals surface area contributed by atoms with Crippen molar-refractivity contribution >= 4 is 81.5 Å². The molecule has 480 valence electrons. The molecule has 0 aliphatic rings. The molecule has 0 aliphatic carbocycles. The number of anilines is 2. The van der Waals surface area contributed by atoms with Crippen molar-refractivity contribution in [1.29, 1.82) is 0 Å². The topological polar surface area (TPSA) is 286 Å². The number of hydrogen-bond acceptors (Lipinski definition) is 24. The second-order valence-electron chi connectivity index (χ2n) is 25.3. The van der Waals surface area contributed by atoms with Crippen molar-refractivity contribution in [2.75, 3.05) is 26.6 Å². The molecule has 27 nitrogen and oxygen atoms in total. The predicted molar refractivity (Wildman–Crippen MR) is 351 cm³/mol. The molecule has 0 unspecified atom stereocenters. The summed E-state index contributed by atoms with van der Waals surface area (Å²) in [7, 11) is 2.80. The lowest BCUT2D eigenvalue weighted by Crippen LogP contribution is -2.40. The molecule has 89 heavy (non-hydrogen) atoms. The van der Waals surface area contributed by atoms with Gasteiger partial charge in [0.05, 0.1) is 44.0 Å². The van der Waals surface area contributed by atoms with Gasteiger partial charge in [0.1, 0.15) is 19.7 Å². The van der Waals surface area contributed by atoms with Gasteiger partial charge in [0, 0.05) is 79.7 Å². The smallest absolute Gasteiger partial charge is 0.342 e. The molecule has 0 radical (unpaired) electrons. The first-order chi connectivity index (χ1) is 41.9. The van der Waals surface area contributed by atoms with Crippen molar-refractivity contribution < 1.29 is 32.1 Å². The zero-order valence-electron chi connectivity index (χ0n) is 54.8. The van der Waals surface area contributed by atoms with Gasteiger partial charge in [-0.25, -0.2) is 34.9 Å². The lowest BCUT2D eigenvalue weighted by Gasteiger charge is -2.36. The van der Waals surface area contributed by atoms with Crippen molar-refractivity contribution in [2.24, 2.45) is 24.1 Å². The number of nitrogens with zero attached hydrogens (tertiary/aromatic N) is 19. The number of aromatic nitrogens is 18. The van der Waals surface area contributed by atoms with E-state index in [1.54, 1.807) is 44.4 Å². The number of hydrogen-bond donors (Lipinski definition) is 2. The maximum atomic E-state index is 6.40. The van der Waals surface area contributed by atoms with E-state index in [-0.39, 0.29) is 15.1 Å². The number of nitrogens with one attached hydrogen (secondary N) is 2. The molecule has 0 spiro atoms.